The maximum atomic E-state index is 7.75. The van der Waals surface area contributed by atoms with Gasteiger partial charge in [-0.05, 0) is 12.0 Å². The molecule has 1 aliphatic carbocycles. The molecule has 0 aliphatic heterocycles. The van der Waals surface area contributed by atoms with E-state index in [4.69, 9.17) is 5.73 Å². The number of aryl methyl sites for hydroxylation is 1. The lowest BCUT2D eigenvalue weighted by molar-refractivity contribution is 0.630. The first-order valence-electron chi connectivity index (χ1n) is 4.17. The van der Waals surface area contributed by atoms with Crippen molar-refractivity contribution in [2.75, 3.05) is 0 Å². The van der Waals surface area contributed by atoms with E-state index < -0.39 is 0 Å². The fraction of sp³-hybridized carbons (Fsp3) is 0.400. The van der Waals surface area contributed by atoms with Crippen molar-refractivity contribution in [1.29, 1.82) is 0 Å². The predicted molar refractivity (Wildman–Crippen MR) is 46.4 cm³/mol. The lowest BCUT2D eigenvalue weighted by Crippen LogP contribution is -2.05. The molecular weight excluding hydrogens is 134 g/mol. The van der Waals surface area contributed by atoms with Gasteiger partial charge in [0.2, 0.25) is 0 Å². The Balaban J connectivity index is 2.44. The zero-order valence-electron chi connectivity index (χ0n) is 6.51. The fourth-order valence-electron chi connectivity index (χ4n) is 1.75. The molecule has 1 heteroatoms. The largest absolute Gasteiger partial charge is 0.671 e. The van der Waals surface area contributed by atoms with Gasteiger partial charge in [-0.1, -0.05) is 42.7 Å². The average molecular weight is 146 g/mol. The van der Waals surface area contributed by atoms with Gasteiger partial charge >= 0.3 is 0 Å². The second kappa shape index (κ2) is 2.67. The SMILES string of the molecule is [NH-]C1CCCc2ccccc21. The molecule has 58 valence electrons. The Bertz CT molecular complexity index is 255. The molecule has 0 radical (unpaired) electrons. The summed E-state index contributed by atoms with van der Waals surface area (Å²) in [5, 5.41) is 0. The number of nitrogens with one attached hydrogen (secondary N) is 1. The van der Waals surface area contributed by atoms with Gasteiger partial charge in [0.05, 0.1) is 0 Å². The van der Waals surface area contributed by atoms with Gasteiger partial charge in [-0.2, -0.15) is 0 Å². The minimum absolute atomic E-state index is 0.0416. The summed E-state index contributed by atoms with van der Waals surface area (Å²) in [4.78, 5) is 0. The predicted octanol–water partition coefficient (Wildman–Crippen LogP) is 3.12. The zero-order valence-corrected chi connectivity index (χ0v) is 6.51. The minimum atomic E-state index is 0.0416. The maximum Gasteiger partial charge on any atom is -0.0277 e. The van der Waals surface area contributed by atoms with E-state index in [9.17, 15) is 0 Å². The molecule has 1 aromatic rings. The van der Waals surface area contributed by atoms with E-state index in [1.807, 2.05) is 6.07 Å². The lowest BCUT2D eigenvalue weighted by atomic mass is 9.88. The zero-order chi connectivity index (χ0) is 7.68. The summed E-state index contributed by atoms with van der Waals surface area (Å²) < 4.78 is 0. The highest BCUT2D eigenvalue weighted by Gasteiger charge is 2.09. The molecule has 0 heterocycles. The third kappa shape index (κ3) is 1.16. The monoisotopic (exact) mass is 146 g/mol. The molecule has 0 aromatic heterocycles. The first-order chi connectivity index (χ1) is 5.38. The third-order valence-corrected chi connectivity index (χ3v) is 2.37. The molecule has 1 nitrogen and oxygen atoms in total. The van der Waals surface area contributed by atoms with Gasteiger partial charge in [-0.15, -0.1) is 6.04 Å². The van der Waals surface area contributed by atoms with Crippen LogP contribution in [0, 0.1) is 0 Å². The smallest absolute Gasteiger partial charge is 0.0277 e. The van der Waals surface area contributed by atoms with Gasteiger partial charge in [0.25, 0.3) is 0 Å². The lowest BCUT2D eigenvalue weighted by Gasteiger charge is -2.28. The topological polar surface area (TPSA) is 23.8 Å². The first kappa shape index (κ1) is 6.86. The number of benzene rings is 1. The molecule has 0 bridgehead atoms. The van der Waals surface area contributed by atoms with E-state index >= 15 is 0 Å². The van der Waals surface area contributed by atoms with E-state index in [2.05, 4.69) is 18.2 Å². The van der Waals surface area contributed by atoms with Gasteiger partial charge in [0.1, 0.15) is 0 Å². The molecule has 2 rings (SSSR count). The number of hydrogen-bond acceptors (Lipinski definition) is 0. The Morgan fingerprint density at radius 2 is 2.09 bits per heavy atom. The van der Waals surface area contributed by atoms with Crippen LogP contribution in [0.25, 0.3) is 5.73 Å². The van der Waals surface area contributed by atoms with Crippen molar-refractivity contribution in [3.63, 3.8) is 0 Å². The van der Waals surface area contributed by atoms with Crippen LogP contribution in [0.4, 0.5) is 0 Å². The van der Waals surface area contributed by atoms with Crippen molar-refractivity contribution < 1.29 is 0 Å². The summed E-state index contributed by atoms with van der Waals surface area (Å²) in [7, 11) is 0. The van der Waals surface area contributed by atoms with Crippen LogP contribution in [-0.4, -0.2) is 0 Å². The Hall–Kier alpha value is -0.820. The summed E-state index contributed by atoms with van der Waals surface area (Å²) in [5.41, 5.74) is 10.4. The molecule has 0 amide bonds. The Kier molecular flexibility index (Phi) is 1.66. The second-order valence-electron chi connectivity index (χ2n) is 3.14. The number of rotatable bonds is 0. The van der Waals surface area contributed by atoms with Gasteiger partial charge in [-0.3, -0.25) is 0 Å². The molecule has 1 N–H and O–H groups in total. The molecule has 0 saturated carbocycles. The molecule has 11 heavy (non-hydrogen) atoms. The van der Waals surface area contributed by atoms with Crippen LogP contribution >= 0.6 is 0 Å². The van der Waals surface area contributed by atoms with Crippen LogP contribution in [0.2, 0.25) is 0 Å². The van der Waals surface area contributed by atoms with Gasteiger partial charge < -0.3 is 5.73 Å². The number of fused-ring (bicyclic) bond motifs is 1. The molecule has 0 fully saturated rings. The summed E-state index contributed by atoms with van der Waals surface area (Å²) in [5.74, 6) is 0. The van der Waals surface area contributed by atoms with Crippen LogP contribution in [0.3, 0.4) is 0 Å². The molecule has 1 aliphatic rings. The van der Waals surface area contributed by atoms with Gasteiger partial charge in [0, 0.05) is 0 Å². The molecule has 0 saturated heterocycles. The van der Waals surface area contributed by atoms with Crippen molar-refractivity contribution in [3.8, 4) is 0 Å². The molecule has 1 atom stereocenters. The summed E-state index contributed by atoms with van der Waals surface area (Å²) in [6, 6.07) is 8.38. The Morgan fingerprint density at radius 1 is 1.27 bits per heavy atom. The van der Waals surface area contributed by atoms with E-state index in [0.29, 0.717) is 0 Å². The van der Waals surface area contributed by atoms with E-state index in [1.54, 1.807) is 0 Å². The fourth-order valence-corrected chi connectivity index (χ4v) is 1.75. The van der Waals surface area contributed by atoms with Crippen LogP contribution in [0.15, 0.2) is 24.3 Å². The second-order valence-corrected chi connectivity index (χ2v) is 3.14. The van der Waals surface area contributed by atoms with Crippen molar-refractivity contribution in [1.82, 2.24) is 0 Å². The van der Waals surface area contributed by atoms with Crippen LogP contribution in [-0.2, 0) is 6.42 Å². The first-order valence-corrected chi connectivity index (χ1v) is 4.17. The number of hydrogen-bond donors (Lipinski definition) is 0. The molecule has 0 spiro atoms. The summed E-state index contributed by atoms with van der Waals surface area (Å²) >= 11 is 0. The van der Waals surface area contributed by atoms with E-state index in [0.717, 1.165) is 6.42 Å². The highest BCUT2D eigenvalue weighted by Crippen LogP contribution is 2.30. The van der Waals surface area contributed by atoms with Crippen molar-refractivity contribution in [2.45, 2.75) is 25.3 Å². The highest BCUT2D eigenvalue weighted by molar-refractivity contribution is 5.33. The standard InChI is InChI=1S/C10H12N/c11-10-7-3-5-8-4-1-2-6-9(8)10/h1-2,4,6,10-11H,3,5,7H2/q-1. The van der Waals surface area contributed by atoms with Gasteiger partial charge in [0.15, 0.2) is 0 Å². The molecular formula is C10H12N-. The van der Waals surface area contributed by atoms with E-state index in [-0.39, 0.29) is 6.04 Å². The molecule has 1 aromatic carbocycles. The van der Waals surface area contributed by atoms with E-state index in [1.165, 1.54) is 24.0 Å². The van der Waals surface area contributed by atoms with Crippen molar-refractivity contribution in [2.24, 2.45) is 0 Å². The summed E-state index contributed by atoms with van der Waals surface area (Å²) in [6.45, 7) is 0. The van der Waals surface area contributed by atoms with Crippen molar-refractivity contribution in [3.05, 3.63) is 41.1 Å². The van der Waals surface area contributed by atoms with Crippen LogP contribution < -0.4 is 0 Å². The average Bonchev–Trinajstić information content (AvgIpc) is 2.06. The molecule has 1 unspecified atom stereocenters. The Labute approximate surface area is 67.2 Å². The maximum absolute atomic E-state index is 7.75. The summed E-state index contributed by atoms with van der Waals surface area (Å²) in [6.07, 6.45) is 3.40. The van der Waals surface area contributed by atoms with Gasteiger partial charge in [-0.25, -0.2) is 0 Å². The van der Waals surface area contributed by atoms with Crippen LogP contribution in [0.5, 0.6) is 0 Å². The normalized spacial score (nSPS) is 22.8. The highest BCUT2D eigenvalue weighted by atomic mass is 14.6. The third-order valence-electron chi connectivity index (χ3n) is 2.37. The van der Waals surface area contributed by atoms with Crippen LogP contribution in [0.1, 0.15) is 30.0 Å². The van der Waals surface area contributed by atoms with Crippen molar-refractivity contribution >= 4 is 0 Å². The Morgan fingerprint density at radius 3 is 2.91 bits per heavy atom. The quantitative estimate of drug-likeness (QED) is 0.537. The minimum Gasteiger partial charge on any atom is -0.671 e.